The van der Waals surface area contributed by atoms with Gasteiger partial charge in [-0.3, -0.25) is 0 Å². The summed E-state index contributed by atoms with van der Waals surface area (Å²) < 4.78 is 32.0. The molecular formula is C6H4AgN3O3S. The molecule has 0 saturated heterocycles. The Hall–Kier alpha value is -0.730. The summed E-state index contributed by atoms with van der Waals surface area (Å²) in [6.07, 6.45) is 0. The summed E-state index contributed by atoms with van der Waals surface area (Å²) in [5.74, 6) is 0. The molecule has 0 aliphatic rings. The molecule has 0 bridgehead atoms. The molecule has 0 amide bonds. The van der Waals surface area contributed by atoms with Crippen molar-refractivity contribution in [3.63, 3.8) is 0 Å². The van der Waals surface area contributed by atoms with Crippen LogP contribution >= 0.6 is 0 Å². The molecule has 1 aromatic carbocycles. The van der Waals surface area contributed by atoms with Gasteiger partial charge in [0.1, 0.15) is 0 Å². The monoisotopic (exact) mass is 305 g/mol. The van der Waals surface area contributed by atoms with Crippen LogP contribution in [0.25, 0.3) is 11.0 Å². The van der Waals surface area contributed by atoms with E-state index in [2.05, 4.69) is 31.6 Å². The van der Waals surface area contributed by atoms with Crippen molar-refractivity contribution in [3.05, 3.63) is 18.2 Å². The van der Waals surface area contributed by atoms with Crippen molar-refractivity contribution in [2.75, 3.05) is 0 Å². The second kappa shape index (κ2) is 3.14. The van der Waals surface area contributed by atoms with Crippen LogP contribution in [0.4, 0.5) is 0 Å². The summed E-state index contributed by atoms with van der Waals surface area (Å²) in [6.45, 7) is 0. The maximum absolute atomic E-state index is 10.9. The summed E-state index contributed by atoms with van der Waals surface area (Å²) in [7, 11) is -4.25. The first-order chi connectivity index (χ1) is 6.50. The van der Waals surface area contributed by atoms with Gasteiger partial charge in [-0.2, -0.15) is 0 Å². The van der Waals surface area contributed by atoms with E-state index in [0.717, 1.165) is 0 Å². The van der Waals surface area contributed by atoms with Gasteiger partial charge in [0.25, 0.3) is 0 Å². The number of benzene rings is 1. The Kier molecular flexibility index (Phi) is 2.20. The molecule has 78 valence electrons. The van der Waals surface area contributed by atoms with E-state index in [0.29, 0.717) is 5.52 Å². The Balaban J connectivity index is 2.92. The van der Waals surface area contributed by atoms with Gasteiger partial charge in [0.2, 0.25) is 0 Å². The van der Waals surface area contributed by atoms with Crippen molar-refractivity contribution in [2.24, 2.45) is 0 Å². The third-order valence-corrected chi connectivity index (χ3v) is 3.03. The van der Waals surface area contributed by atoms with Crippen molar-refractivity contribution in [3.8, 4) is 0 Å². The van der Waals surface area contributed by atoms with Gasteiger partial charge in [0.15, 0.2) is 0 Å². The SMILES string of the molecule is O=S(=O)(O)c1cccc2c1nn[n]2[Ag]. The molecule has 0 saturated carbocycles. The Labute approximate surface area is 91.9 Å². The Morgan fingerprint density at radius 1 is 1.43 bits per heavy atom. The maximum atomic E-state index is 10.9. The van der Waals surface area contributed by atoms with E-state index in [4.69, 9.17) is 4.55 Å². The topological polar surface area (TPSA) is 85.1 Å². The number of rotatable bonds is 1. The molecule has 1 N–H and O–H groups in total. The van der Waals surface area contributed by atoms with Crippen LogP contribution in [0.15, 0.2) is 23.1 Å². The number of aromatic nitrogens is 3. The third-order valence-electron chi connectivity index (χ3n) is 1.65. The van der Waals surface area contributed by atoms with Crippen molar-refractivity contribution in [1.82, 2.24) is 13.4 Å². The van der Waals surface area contributed by atoms with Crippen molar-refractivity contribution < 1.29 is 34.3 Å². The molecule has 14 heavy (non-hydrogen) atoms. The van der Waals surface area contributed by atoms with Gasteiger partial charge in [0, 0.05) is 0 Å². The van der Waals surface area contributed by atoms with E-state index in [-0.39, 0.29) is 10.4 Å². The molecule has 0 atom stereocenters. The zero-order chi connectivity index (χ0) is 10.3. The van der Waals surface area contributed by atoms with Crippen LogP contribution in [0.3, 0.4) is 0 Å². The van der Waals surface area contributed by atoms with Crippen LogP contribution in [0.2, 0.25) is 0 Å². The van der Waals surface area contributed by atoms with Gasteiger partial charge >= 0.3 is 91.9 Å². The van der Waals surface area contributed by atoms with Crippen LogP contribution in [-0.2, 0) is 31.4 Å². The molecule has 0 aliphatic heterocycles. The van der Waals surface area contributed by atoms with E-state index >= 15 is 0 Å². The predicted octanol–water partition coefficient (Wildman–Crippen LogP) is -0.0121. The van der Waals surface area contributed by atoms with Crippen LogP contribution in [0.1, 0.15) is 0 Å². The van der Waals surface area contributed by atoms with Crippen LogP contribution in [-0.4, -0.2) is 26.4 Å². The average Bonchev–Trinajstić information content (AvgIpc) is 2.46. The Morgan fingerprint density at radius 3 is 2.79 bits per heavy atom. The minimum absolute atomic E-state index is 0.131. The van der Waals surface area contributed by atoms with Gasteiger partial charge < -0.3 is 0 Å². The van der Waals surface area contributed by atoms with E-state index < -0.39 is 10.1 Å². The predicted molar refractivity (Wildman–Crippen MR) is 42.7 cm³/mol. The van der Waals surface area contributed by atoms with Gasteiger partial charge in [-0.15, -0.1) is 0 Å². The molecule has 0 aliphatic carbocycles. The minimum atomic E-state index is -4.25. The van der Waals surface area contributed by atoms with Crippen molar-refractivity contribution >= 4 is 21.2 Å². The first-order valence-corrected chi connectivity index (χ1v) is 5.55. The van der Waals surface area contributed by atoms with Gasteiger partial charge in [-0.05, 0) is 0 Å². The Bertz CT molecular complexity index is 591. The van der Waals surface area contributed by atoms with Gasteiger partial charge in [-0.25, -0.2) is 0 Å². The van der Waals surface area contributed by atoms with Crippen LogP contribution in [0.5, 0.6) is 0 Å². The second-order valence-electron chi connectivity index (χ2n) is 2.52. The molecular weight excluding hydrogens is 302 g/mol. The molecule has 6 nitrogen and oxygen atoms in total. The summed E-state index contributed by atoms with van der Waals surface area (Å²) >= 11 is 3.05. The fourth-order valence-corrected chi connectivity index (χ4v) is 2.06. The average molecular weight is 306 g/mol. The van der Waals surface area contributed by atoms with Crippen LogP contribution < -0.4 is 0 Å². The fourth-order valence-electron chi connectivity index (χ4n) is 1.08. The van der Waals surface area contributed by atoms with Gasteiger partial charge in [0.05, 0.1) is 0 Å². The summed E-state index contributed by atoms with van der Waals surface area (Å²) in [5, 5.41) is 7.19. The zero-order valence-electron chi connectivity index (χ0n) is 6.55. The van der Waals surface area contributed by atoms with E-state index in [1.807, 2.05) is 0 Å². The molecule has 1 heterocycles. The molecule has 0 spiro atoms. The first kappa shape index (κ1) is 9.81. The molecule has 8 heteroatoms. The quantitative estimate of drug-likeness (QED) is 0.591. The molecule has 0 unspecified atom stereocenters. The fraction of sp³-hybridized carbons (Fsp3) is 0. The summed E-state index contributed by atoms with van der Waals surface area (Å²) in [5.41, 5.74) is 0.602. The van der Waals surface area contributed by atoms with Gasteiger partial charge in [-0.1, -0.05) is 0 Å². The standard InChI is InChI=1S/C6H4N3O3S.Ag/c10-13(11,12)5-3-1-2-4-6(5)8-9-7-4;/h1-3H,(H-,7,8,9,10,11,12);/q-1;+1. The van der Waals surface area contributed by atoms with Crippen molar-refractivity contribution in [2.45, 2.75) is 4.90 Å². The summed E-state index contributed by atoms with van der Waals surface area (Å²) in [6, 6.07) is 4.38. The zero-order valence-corrected chi connectivity index (χ0v) is 8.85. The van der Waals surface area contributed by atoms with E-state index in [9.17, 15) is 8.42 Å². The van der Waals surface area contributed by atoms with Crippen molar-refractivity contribution in [1.29, 1.82) is 0 Å². The first-order valence-electron chi connectivity index (χ1n) is 3.45. The number of hydrogen-bond donors (Lipinski definition) is 1. The molecule has 0 radical (unpaired) electrons. The number of hydrogen-bond acceptors (Lipinski definition) is 4. The Morgan fingerprint density at radius 2 is 2.14 bits per heavy atom. The molecule has 0 fully saturated rings. The summed E-state index contributed by atoms with van der Waals surface area (Å²) in [4.78, 5) is -0.250. The molecule has 2 rings (SSSR count). The van der Waals surface area contributed by atoms with E-state index in [1.165, 1.54) is 15.2 Å². The second-order valence-corrected chi connectivity index (χ2v) is 4.53. The number of nitrogens with zero attached hydrogens (tertiary/aromatic N) is 3. The molecule has 1 aromatic heterocycles. The number of fused-ring (bicyclic) bond motifs is 1. The normalized spacial score (nSPS) is 12.2. The third kappa shape index (κ3) is 1.49. The van der Waals surface area contributed by atoms with E-state index in [1.54, 1.807) is 6.07 Å². The molecule has 2 aromatic rings. The van der Waals surface area contributed by atoms with Crippen LogP contribution in [0, 0.1) is 0 Å².